The van der Waals surface area contributed by atoms with Crippen molar-refractivity contribution in [3.05, 3.63) is 34.6 Å². The Kier molecular flexibility index (Phi) is 2.54. The first kappa shape index (κ1) is 9.01. The van der Waals surface area contributed by atoms with Gasteiger partial charge in [0.2, 0.25) is 0 Å². The molecule has 13 heavy (non-hydrogen) atoms. The molecule has 0 saturated heterocycles. The fraction of sp³-hybridized carbons (Fsp3) is 0.455. The minimum Gasteiger partial charge on any atom is -0.207 e. The smallest absolute Gasteiger partial charge is 0.126 e. The molecule has 0 unspecified atom stereocenters. The third-order valence-corrected chi connectivity index (χ3v) is 2.99. The summed E-state index contributed by atoms with van der Waals surface area (Å²) in [6, 6.07) is 4.85. The topological polar surface area (TPSA) is 0 Å². The Labute approximate surface area is 82.7 Å². The molecule has 0 bridgehead atoms. The van der Waals surface area contributed by atoms with Crippen molar-refractivity contribution in [3.63, 3.8) is 0 Å². The van der Waals surface area contributed by atoms with Crippen molar-refractivity contribution in [2.24, 2.45) is 0 Å². The molecule has 1 aliphatic carbocycles. The molecule has 0 aromatic heterocycles. The van der Waals surface area contributed by atoms with E-state index in [9.17, 15) is 4.39 Å². The summed E-state index contributed by atoms with van der Waals surface area (Å²) < 4.78 is 13.4. The highest BCUT2D eigenvalue weighted by Gasteiger charge is 2.20. The second-order valence-electron chi connectivity index (χ2n) is 3.65. The first-order valence-electron chi connectivity index (χ1n) is 4.72. The Hall–Kier alpha value is -0.560. The molecule has 1 aliphatic rings. The lowest BCUT2D eigenvalue weighted by Gasteiger charge is -2.10. The van der Waals surface area contributed by atoms with Gasteiger partial charge in [0.15, 0.2) is 0 Å². The fourth-order valence-electron chi connectivity index (χ4n) is 2.06. The molecule has 2 heteroatoms. The summed E-state index contributed by atoms with van der Waals surface area (Å²) in [5.41, 5.74) is 0.810. The van der Waals surface area contributed by atoms with Crippen molar-refractivity contribution in [3.8, 4) is 0 Å². The highest BCUT2D eigenvalue weighted by molar-refractivity contribution is 6.30. The number of hydrogen-bond donors (Lipinski definition) is 0. The van der Waals surface area contributed by atoms with Crippen LogP contribution in [0.25, 0.3) is 0 Å². The molecule has 0 heterocycles. The van der Waals surface area contributed by atoms with Crippen LogP contribution in [0.3, 0.4) is 0 Å². The van der Waals surface area contributed by atoms with E-state index in [2.05, 4.69) is 0 Å². The normalized spacial score (nSPS) is 18.0. The lowest BCUT2D eigenvalue weighted by molar-refractivity contribution is 0.580. The summed E-state index contributed by atoms with van der Waals surface area (Å²) in [6.07, 6.45) is 4.65. The van der Waals surface area contributed by atoms with Gasteiger partial charge in [0.05, 0.1) is 0 Å². The summed E-state index contributed by atoms with van der Waals surface area (Å²) in [5.74, 6) is 0.301. The molecule has 1 aromatic rings. The predicted molar refractivity (Wildman–Crippen MR) is 52.6 cm³/mol. The lowest BCUT2D eigenvalue weighted by Crippen LogP contribution is -1.96. The summed E-state index contributed by atoms with van der Waals surface area (Å²) in [6.45, 7) is 0. The summed E-state index contributed by atoms with van der Waals surface area (Å²) in [4.78, 5) is 0. The van der Waals surface area contributed by atoms with Gasteiger partial charge in [-0.2, -0.15) is 0 Å². The van der Waals surface area contributed by atoms with E-state index < -0.39 is 0 Å². The molecule has 70 valence electrons. The maximum absolute atomic E-state index is 13.4. The standard InChI is InChI=1S/C11H12ClF/c12-9-5-6-11(13)10(7-9)8-3-1-2-4-8/h5-8H,1-4H2. The first-order chi connectivity index (χ1) is 6.27. The third kappa shape index (κ3) is 1.86. The van der Waals surface area contributed by atoms with Crippen LogP contribution >= 0.6 is 11.6 Å². The minimum atomic E-state index is -0.101. The average molecular weight is 199 g/mol. The predicted octanol–water partition coefficient (Wildman–Crippen LogP) is 4.14. The minimum absolute atomic E-state index is 0.101. The van der Waals surface area contributed by atoms with Crippen LogP contribution in [0.2, 0.25) is 5.02 Å². The van der Waals surface area contributed by atoms with Crippen molar-refractivity contribution in [1.29, 1.82) is 0 Å². The number of rotatable bonds is 1. The SMILES string of the molecule is Fc1ccc(Cl)cc1C1CCCC1. The largest absolute Gasteiger partial charge is 0.207 e. The molecule has 0 aliphatic heterocycles. The molecular formula is C11H12ClF. The number of benzene rings is 1. The van der Waals surface area contributed by atoms with E-state index in [-0.39, 0.29) is 5.82 Å². The highest BCUT2D eigenvalue weighted by atomic mass is 35.5. The molecule has 0 amide bonds. The molecule has 0 nitrogen and oxygen atoms in total. The quantitative estimate of drug-likeness (QED) is 0.637. The van der Waals surface area contributed by atoms with Gasteiger partial charge in [-0.3, -0.25) is 0 Å². The molecule has 0 radical (unpaired) electrons. The molecule has 1 fully saturated rings. The van der Waals surface area contributed by atoms with Crippen molar-refractivity contribution in [2.75, 3.05) is 0 Å². The Morgan fingerprint density at radius 1 is 1.23 bits per heavy atom. The molecule has 0 N–H and O–H groups in total. The van der Waals surface area contributed by atoms with Gasteiger partial charge < -0.3 is 0 Å². The van der Waals surface area contributed by atoms with Gasteiger partial charge in [-0.25, -0.2) is 4.39 Å². The molecule has 0 atom stereocenters. The van der Waals surface area contributed by atoms with Crippen molar-refractivity contribution < 1.29 is 4.39 Å². The first-order valence-corrected chi connectivity index (χ1v) is 5.10. The van der Waals surface area contributed by atoms with Gasteiger partial charge in [0.1, 0.15) is 5.82 Å². The molecule has 0 spiro atoms. The zero-order valence-corrected chi connectivity index (χ0v) is 8.15. The molecule has 1 aromatic carbocycles. The zero-order chi connectivity index (χ0) is 9.26. The maximum atomic E-state index is 13.4. The van der Waals surface area contributed by atoms with Gasteiger partial charge in [0.25, 0.3) is 0 Å². The van der Waals surface area contributed by atoms with Crippen LogP contribution in [0.1, 0.15) is 37.2 Å². The Morgan fingerprint density at radius 2 is 1.92 bits per heavy atom. The highest BCUT2D eigenvalue weighted by Crippen LogP contribution is 2.36. The Balaban J connectivity index is 2.32. The van der Waals surface area contributed by atoms with Gasteiger partial charge in [0, 0.05) is 5.02 Å². The van der Waals surface area contributed by atoms with Crippen LogP contribution in [0.15, 0.2) is 18.2 Å². The van der Waals surface area contributed by atoms with Gasteiger partial charge >= 0.3 is 0 Å². The van der Waals surface area contributed by atoms with Crippen LogP contribution in [0.5, 0.6) is 0 Å². The van der Waals surface area contributed by atoms with E-state index in [4.69, 9.17) is 11.6 Å². The van der Waals surface area contributed by atoms with Crippen molar-refractivity contribution in [2.45, 2.75) is 31.6 Å². The van der Waals surface area contributed by atoms with Crippen LogP contribution in [0, 0.1) is 5.82 Å². The number of hydrogen-bond acceptors (Lipinski definition) is 0. The van der Waals surface area contributed by atoms with E-state index in [1.54, 1.807) is 12.1 Å². The number of halogens is 2. The van der Waals surface area contributed by atoms with Gasteiger partial charge in [-0.05, 0) is 42.5 Å². The Morgan fingerprint density at radius 3 is 2.62 bits per heavy atom. The van der Waals surface area contributed by atoms with E-state index in [1.165, 1.54) is 18.9 Å². The van der Waals surface area contributed by atoms with E-state index in [0.717, 1.165) is 18.4 Å². The molecule has 2 rings (SSSR count). The summed E-state index contributed by atoms with van der Waals surface area (Å²) in [7, 11) is 0. The lowest BCUT2D eigenvalue weighted by atomic mass is 9.97. The van der Waals surface area contributed by atoms with Crippen LogP contribution < -0.4 is 0 Å². The third-order valence-electron chi connectivity index (χ3n) is 2.75. The van der Waals surface area contributed by atoms with Gasteiger partial charge in [-0.15, -0.1) is 0 Å². The maximum Gasteiger partial charge on any atom is 0.126 e. The summed E-state index contributed by atoms with van der Waals surface area (Å²) >= 11 is 5.83. The summed E-state index contributed by atoms with van der Waals surface area (Å²) in [5, 5.41) is 0.642. The second kappa shape index (κ2) is 3.67. The molecular weight excluding hydrogens is 187 g/mol. The zero-order valence-electron chi connectivity index (χ0n) is 7.39. The van der Waals surface area contributed by atoms with E-state index in [0.29, 0.717) is 10.9 Å². The average Bonchev–Trinajstić information content (AvgIpc) is 2.61. The van der Waals surface area contributed by atoms with Crippen LogP contribution in [-0.4, -0.2) is 0 Å². The van der Waals surface area contributed by atoms with E-state index in [1.807, 2.05) is 0 Å². The monoisotopic (exact) mass is 198 g/mol. The van der Waals surface area contributed by atoms with Gasteiger partial charge in [-0.1, -0.05) is 24.4 Å². The van der Waals surface area contributed by atoms with E-state index >= 15 is 0 Å². The van der Waals surface area contributed by atoms with Crippen LogP contribution in [-0.2, 0) is 0 Å². The second-order valence-corrected chi connectivity index (χ2v) is 4.08. The fourth-order valence-corrected chi connectivity index (χ4v) is 2.24. The molecule has 1 saturated carbocycles. The Bertz CT molecular complexity index is 303. The van der Waals surface area contributed by atoms with Crippen molar-refractivity contribution in [1.82, 2.24) is 0 Å². The van der Waals surface area contributed by atoms with Crippen molar-refractivity contribution >= 4 is 11.6 Å². The van der Waals surface area contributed by atoms with Crippen LogP contribution in [0.4, 0.5) is 4.39 Å².